The molecular formula is C23H20F3N3O3. The molecule has 6 nitrogen and oxygen atoms in total. The lowest BCUT2D eigenvalue weighted by atomic mass is 9.93. The lowest BCUT2D eigenvalue weighted by molar-refractivity contribution is -0.139. The van der Waals surface area contributed by atoms with Crippen LogP contribution in [0.5, 0.6) is 11.6 Å². The van der Waals surface area contributed by atoms with E-state index in [-0.39, 0.29) is 23.4 Å². The molecule has 1 aliphatic heterocycles. The highest BCUT2D eigenvalue weighted by Crippen LogP contribution is 2.34. The quantitative estimate of drug-likeness (QED) is 0.618. The van der Waals surface area contributed by atoms with Crippen molar-refractivity contribution in [3.63, 3.8) is 0 Å². The lowest BCUT2D eigenvalue weighted by Gasteiger charge is -2.28. The Kier molecular flexibility index (Phi) is 6.25. The van der Waals surface area contributed by atoms with Gasteiger partial charge in [-0.2, -0.15) is 13.2 Å². The average Bonchev–Trinajstić information content (AvgIpc) is 2.79. The van der Waals surface area contributed by atoms with E-state index in [1.54, 1.807) is 12.4 Å². The van der Waals surface area contributed by atoms with Crippen LogP contribution in [0.1, 0.15) is 22.3 Å². The molecule has 0 radical (unpaired) electrons. The van der Waals surface area contributed by atoms with Gasteiger partial charge >= 0.3 is 6.18 Å². The summed E-state index contributed by atoms with van der Waals surface area (Å²) < 4.78 is 47.4. The van der Waals surface area contributed by atoms with E-state index in [0.29, 0.717) is 13.0 Å². The molecule has 32 heavy (non-hydrogen) atoms. The van der Waals surface area contributed by atoms with Gasteiger partial charge < -0.3 is 14.8 Å². The molecule has 0 saturated carbocycles. The minimum Gasteiger partial charge on any atom is -0.491 e. The molecule has 166 valence electrons. The van der Waals surface area contributed by atoms with Gasteiger partial charge in [0.05, 0.1) is 24.6 Å². The SMILES string of the molecule is O=C(N[C@@H]1COc2cccc(-c3ccncc3)c2C1)c1ccc(OCCC(F)(F)F)nc1. The Hall–Kier alpha value is -3.62. The van der Waals surface area contributed by atoms with Crippen LogP contribution in [-0.2, 0) is 6.42 Å². The minimum atomic E-state index is -4.29. The first-order valence-electron chi connectivity index (χ1n) is 10.0. The molecule has 3 heterocycles. The first-order valence-corrected chi connectivity index (χ1v) is 10.0. The molecule has 1 aromatic carbocycles. The molecule has 0 saturated heterocycles. The molecule has 0 aliphatic carbocycles. The van der Waals surface area contributed by atoms with Gasteiger partial charge in [-0.05, 0) is 35.4 Å². The first kappa shape index (κ1) is 21.6. The second-order valence-corrected chi connectivity index (χ2v) is 7.30. The van der Waals surface area contributed by atoms with Gasteiger partial charge in [0.15, 0.2) is 0 Å². The van der Waals surface area contributed by atoms with Gasteiger partial charge in [-0.15, -0.1) is 0 Å². The minimum absolute atomic E-state index is 0.0303. The molecule has 0 spiro atoms. The van der Waals surface area contributed by atoms with Crippen LogP contribution in [0.25, 0.3) is 11.1 Å². The van der Waals surface area contributed by atoms with Crippen LogP contribution in [0.4, 0.5) is 13.2 Å². The Balaban J connectivity index is 1.39. The van der Waals surface area contributed by atoms with Crippen molar-refractivity contribution in [3.8, 4) is 22.8 Å². The van der Waals surface area contributed by atoms with Gasteiger partial charge in [0.1, 0.15) is 12.4 Å². The summed E-state index contributed by atoms with van der Waals surface area (Å²) in [7, 11) is 0. The van der Waals surface area contributed by atoms with E-state index in [1.165, 1.54) is 18.3 Å². The third-order valence-electron chi connectivity index (χ3n) is 4.98. The first-order chi connectivity index (χ1) is 15.4. The summed E-state index contributed by atoms with van der Waals surface area (Å²) in [5, 5.41) is 2.93. The van der Waals surface area contributed by atoms with Crippen molar-refractivity contribution in [2.24, 2.45) is 0 Å². The van der Waals surface area contributed by atoms with Crippen molar-refractivity contribution in [2.75, 3.05) is 13.2 Å². The van der Waals surface area contributed by atoms with Gasteiger partial charge in [0, 0.05) is 36.6 Å². The van der Waals surface area contributed by atoms with Crippen molar-refractivity contribution in [3.05, 3.63) is 72.2 Å². The number of hydrogen-bond donors (Lipinski definition) is 1. The van der Waals surface area contributed by atoms with Crippen LogP contribution in [0.3, 0.4) is 0 Å². The molecule has 0 unspecified atom stereocenters. The van der Waals surface area contributed by atoms with Crippen LogP contribution >= 0.6 is 0 Å². The van der Waals surface area contributed by atoms with Crippen LogP contribution in [0.15, 0.2) is 61.1 Å². The number of rotatable bonds is 6. The number of ether oxygens (including phenoxy) is 2. The zero-order valence-electron chi connectivity index (χ0n) is 16.9. The number of nitrogens with zero attached hydrogens (tertiary/aromatic N) is 2. The Labute approximate surface area is 182 Å². The van der Waals surface area contributed by atoms with Gasteiger partial charge in [0.2, 0.25) is 5.88 Å². The predicted molar refractivity (Wildman–Crippen MR) is 111 cm³/mol. The van der Waals surface area contributed by atoms with E-state index in [2.05, 4.69) is 15.3 Å². The molecule has 1 aliphatic rings. The van der Waals surface area contributed by atoms with E-state index < -0.39 is 19.2 Å². The van der Waals surface area contributed by atoms with E-state index in [1.807, 2.05) is 30.3 Å². The molecule has 1 amide bonds. The molecule has 4 rings (SSSR count). The fourth-order valence-corrected chi connectivity index (χ4v) is 3.44. The maximum atomic E-state index is 12.6. The van der Waals surface area contributed by atoms with E-state index in [4.69, 9.17) is 9.47 Å². The summed E-state index contributed by atoms with van der Waals surface area (Å²) in [4.78, 5) is 20.6. The van der Waals surface area contributed by atoms with Crippen molar-refractivity contribution in [1.82, 2.24) is 15.3 Å². The number of carbonyl (C=O) groups is 1. The van der Waals surface area contributed by atoms with Gasteiger partial charge in [-0.1, -0.05) is 12.1 Å². The highest BCUT2D eigenvalue weighted by molar-refractivity contribution is 5.94. The molecule has 3 aromatic rings. The topological polar surface area (TPSA) is 73.3 Å². The maximum absolute atomic E-state index is 12.6. The fraction of sp³-hybridized carbons (Fsp3) is 0.261. The summed E-state index contributed by atoms with van der Waals surface area (Å²) in [6.45, 7) is -0.203. The van der Waals surface area contributed by atoms with Crippen molar-refractivity contribution in [1.29, 1.82) is 0 Å². The van der Waals surface area contributed by atoms with Crippen molar-refractivity contribution in [2.45, 2.75) is 25.1 Å². The van der Waals surface area contributed by atoms with Crippen molar-refractivity contribution < 1.29 is 27.4 Å². The molecule has 0 bridgehead atoms. The molecule has 9 heteroatoms. The summed E-state index contributed by atoms with van der Waals surface area (Å²) in [6.07, 6.45) is -0.0500. The van der Waals surface area contributed by atoms with E-state index >= 15 is 0 Å². The van der Waals surface area contributed by atoms with Crippen molar-refractivity contribution >= 4 is 5.91 Å². The second kappa shape index (κ2) is 9.25. The number of halogens is 3. The third kappa shape index (κ3) is 5.35. The zero-order valence-corrected chi connectivity index (χ0v) is 16.9. The number of nitrogens with one attached hydrogen (secondary N) is 1. The highest BCUT2D eigenvalue weighted by atomic mass is 19.4. The van der Waals surface area contributed by atoms with Crippen LogP contribution in [-0.4, -0.2) is 41.3 Å². The summed E-state index contributed by atoms with van der Waals surface area (Å²) in [6, 6.07) is 12.3. The molecule has 1 N–H and O–H groups in total. The Morgan fingerprint density at radius 3 is 2.69 bits per heavy atom. The van der Waals surface area contributed by atoms with Crippen LogP contribution < -0.4 is 14.8 Å². The summed E-state index contributed by atoms with van der Waals surface area (Å²) in [5.41, 5.74) is 3.31. The average molecular weight is 443 g/mol. The third-order valence-corrected chi connectivity index (χ3v) is 4.98. The number of carbonyl (C=O) groups excluding carboxylic acids is 1. The van der Waals surface area contributed by atoms with Crippen LogP contribution in [0, 0.1) is 0 Å². The molecule has 2 aromatic heterocycles. The number of pyridine rings is 2. The number of benzene rings is 1. The van der Waals surface area contributed by atoms with E-state index in [9.17, 15) is 18.0 Å². The number of amides is 1. The Morgan fingerprint density at radius 2 is 1.97 bits per heavy atom. The Bertz CT molecular complexity index is 1070. The fourth-order valence-electron chi connectivity index (χ4n) is 3.44. The standard InChI is InChI=1S/C23H20F3N3O3/c24-23(25,26)8-11-31-21-5-4-16(13-28-21)22(30)29-17-12-19-18(15-6-9-27-10-7-15)2-1-3-20(19)32-14-17/h1-7,9-10,13,17H,8,11-12,14H2,(H,29,30)/t17-/m0/s1. The second-order valence-electron chi connectivity index (χ2n) is 7.30. The van der Waals surface area contributed by atoms with Crippen LogP contribution in [0.2, 0.25) is 0 Å². The monoisotopic (exact) mass is 443 g/mol. The normalized spacial score (nSPS) is 15.4. The smallest absolute Gasteiger partial charge is 0.392 e. The number of fused-ring (bicyclic) bond motifs is 1. The van der Waals surface area contributed by atoms with Gasteiger partial charge in [-0.3, -0.25) is 9.78 Å². The summed E-state index contributed by atoms with van der Waals surface area (Å²) >= 11 is 0. The number of hydrogen-bond acceptors (Lipinski definition) is 5. The molecule has 0 fully saturated rings. The highest BCUT2D eigenvalue weighted by Gasteiger charge is 2.27. The summed E-state index contributed by atoms with van der Waals surface area (Å²) in [5.74, 6) is 0.465. The lowest BCUT2D eigenvalue weighted by Crippen LogP contribution is -2.42. The van der Waals surface area contributed by atoms with E-state index in [0.717, 1.165) is 22.4 Å². The predicted octanol–water partition coefficient (Wildman–Crippen LogP) is 4.21. The number of alkyl halides is 3. The van der Waals surface area contributed by atoms with Gasteiger partial charge in [0.25, 0.3) is 5.91 Å². The molecular weight excluding hydrogens is 423 g/mol. The maximum Gasteiger partial charge on any atom is 0.392 e. The Morgan fingerprint density at radius 1 is 1.16 bits per heavy atom. The molecule has 1 atom stereocenters. The zero-order chi connectivity index (χ0) is 22.6. The van der Waals surface area contributed by atoms with Gasteiger partial charge in [-0.25, -0.2) is 4.98 Å². The number of aromatic nitrogens is 2. The largest absolute Gasteiger partial charge is 0.491 e.